The molecule has 2 heterocycles. The predicted octanol–water partition coefficient (Wildman–Crippen LogP) is -3.45. The summed E-state index contributed by atoms with van der Waals surface area (Å²) >= 11 is 0. The van der Waals surface area contributed by atoms with Crippen LogP contribution in [0.1, 0.15) is 41.0 Å². The predicted molar refractivity (Wildman–Crippen MR) is 127 cm³/mol. The van der Waals surface area contributed by atoms with E-state index in [9.17, 15) is 35.7 Å². The summed E-state index contributed by atoms with van der Waals surface area (Å²) in [5.41, 5.74) is 3.56. The molecule has 0 spiro atoms. The minimum atomic E-state index is -1.51. The fraction of sp³-hybridized carbons (Fsp3) is 1.00. The van der Waals surface area contributed by atoms with E-state index in [4.69, 9.17) is 24.7 Å². The van der Waals surface area contributed by atoms with Gasteiger partial charge in [-0.25, -0.2) is 0 Å². The Kier molecular flexibility index (Phi) is 11.5. The Morgan fingerprint density at radius 1 is 1.14 bits per heavy atom. The monoisotopic (exact) mass is 526 g/mol. The number of aliphatic hydroxyl groups excluding tert-OH is 7. The highest BCUT2D eigenvalue weighted by atomic mass is 16.6. The zero-order valence-corrected chi connectivity index (χ0v) is 21.7. The Bertz CT molecular complexity index is 672. The average molecular weight is 527 g/mol. The van der Waals surface area contributed by atoms with E-state index in [-0.39, 0.29) is 19.8 Å². The molecular formula is C23H46N2O11. The number of hydrogen-bond donors (Lipinski definition) is 9. The third-order valence-corrected chi connectivity index (χ3v) is 7.41. The van der Waals surface area contributed by atoms with E-state index in [1.807, 2.05) is 0 Å². The maximum Gasteiger partial charge on any atom is 0.131 e. The van der Waals surface area contributed by atoms with E-state index >= 15 is 0 Å². The van der Waals surface area contributed by atoms with Crippen LogP contribution in [0.15, 0.2) is 0 Å². The molecule has 13 atom stereocenters. The lowest BCUT2D eigenvalue weighted by Gasteiger charge is -2.46. The van der Waals surface area contributed by atoms with Gasteiger partial charge in [0.05, 0.1) is 43.7 Å². The second-order valence-corrected chi connectivity index (χ2v) is 10.4. The van der Waals surface area contributed by atoms with E-state index in [1.54, 1.807) is 20.8 Å². The number of nitrogens with one attached hydrogen (secondary N) is 1. The highest BCUT2D eigenvalue weighted by molar-refractivity contribution is 5.10. The zero-order chi connectivity index (χ0) is 27.4. The van der Waals surface area contributed by atoms with Crippen LogP contribution in [0.4, 0.5) is 0 Å². The van der Waals surface area contributed by atoms with Gasteiger partial charge in [-0.15, -0.1) is 0 Å². The zero-order valence-electron chi connectivity index (χ0n) is 21.7. The molecule has 2 aliphatic heterocycles. The van der Waals surface area contributed by atoms with Gasteiger partial charge in [-0.3, -0.25) is 0 Å². The van der Waals surface area contributed by atoms with Gasteiger partial charge in [-0.05, 0) is 34.1 Å². The molecule has 0 aromatic rings. The molecule has 0 bridgehead atoms. The van der Waals surface area contributed by atoms with Crippen molar-refractivity contribution in [2.75, 3.05) is 26.4 Å². The summed E-state index contributed by atoms with van der Waals surface area (Å²) in [6.45, 7) is 7.45. The molecule has 2 saturated heterocycles. The number of hydrogen-bond acceptors (Lipinski definition) is 13. The van der Waals surface area contributed by atoms with Crippen molar-refractivity contribution in [3.05, 3.63) is 0 Å². The fourth-order valence-electron chi connectivity index (χ4n) is 4.56. The molecular weight excluding hydrogens is 480 g/mol. The van der Waals surface area contributed by atoms with Crippen LogP contribution >= 0.6 is 0 Å². The third-order valence-electron chi connectivity index (χ3n) is 7.41. The van der Waals surface area contributed by atoms with Gasteiger partial charge < -0.3 is 65.7 Å². The van der Waals surface area contributed by atoms with E-state index in [0.717, 1.165) is 0 Å². The first-order chi connectivity index (χ1) is 16.7. The molecule has 0 aromatic carbocycles. The van der Waals surface area contributed by atoms with Gasteiger partial charge in [0.15, 0.2) is 0 Å². The first kappa shape index (κ1) is 31.7. The van der Waals surface area contributed by atoms with Crippen molar-refractivity contribution in [3.8, 4) is 0 Å². The van der Waals surface area contributed by atoms with E-state index in [2.05, 4.69) is 5.32 Å². The van der Waals surface area contributed by atoms with Gasteiger partial charge in [0, 0.05) is 6.54 Å². The topological polar surface area (TPSA) is 217 Å². The molecule has 0 saturated carbocycles. The van der Waals surface area contributed by atoms with Crippen LogP contribution in [0.2, 0.25) is 0 Å². The molecule has 13 heteroatoms. The molecule has 214 valence electrons. The quantitative estimate of drug-likeness (QED) is 0.101. The first-order valence-electron chi connectivity index (χ1n) is 12.5. The number of nitrogens with two attached hydrogens (primary N) is 1. The molecule has 36 heavy (non-hydrogen) atoms. The average Bonchev–Trinajstić information content (AvgIpc) is 3.15. The van der Waals surface area contributed by atoms with Gasteiger partial charge in [0.25, 0.3) is 0 Å². The summed E-state index contributed by atoms with van der Waals surface area (Å²) in [5, 5.41) is 73.7. The Morgan fingerprint density at radius 3 is 2.28 bits per heavy atom. The largest absolute Gasteiger partial charge is 0.394 e. The van der Waals surface area contributed by atoms with E-state index in [0.29, 0.717) is 6.42 Å². The van der Waals surface area contributed by atoms with Gasteiger partial charge >= 0.3 is 0 Å². The SMILES string of the molecule is CCC(C)(OCC1OC2C(NCC2(C)OCC(O)C(C)O)C(O)C1O)C(OC(CO)C(C)O)C(N)O. The minimum absolute atomic E-state index is 0.154. The van der Waals surface area contributed by atoms with E-state index < -0.39 is 85.0 Å². The lowest BCUT2D eigenvalue weighted by atomic mass is 9.88. The van der Waals surface area contributed by atoms with Crippen LogP contribution in [-0.2, 0) is 18.9 Å². The Morgan fingerprint density at radius 2 is 1.78 bits per heavy atom. The van der Waals surface area contributed by atoms with Crippen molar-refractivity contribution < 1.29 is 54.7 Å². The molecule has 10 N–H and O–H groups in total. The highest BCUT2D eigenvalue weighted by Crippen LogP contribution is 2.36. The molecule has 0 radical (unpaired) electrons. The molecule has 2 aliphatic rings. The van der Waals surface area contributed by atoms with Gasteiger partial charge in [0.2, 0.25) is 0 Å². The Labute approximate surface area is 212 Å². The second kappa shape index (κ2) is 13.0. The lowest BCUT2D eigenvalue weighted by molar-refractivity contribution is -0.255. The van der Waals surface area contributed by atoms with E-state index in [1.165, 1.54) is 13.8 Å². The maximum absolute atomic E-state index is 10.8. The summed E-state index contributed by atoms with van der Waals surface area (Å²) in [6, 6.07) is -0.638. The van der Waals surface area contributed by atoms with Crippen LogP contribution in [0.3, 0.4) is 0 Å². The van der Waals surface area contributed by atoms with Crippen molar-refractivity contribution in [2.24, 2.45) is 5.73 Å². The standard InChI is InChI=1S/C23H46N2O11/c1-6-22(4,20(21(24)32)35-14(7-26)12(3)28)34-9-15-17(30)18(31)16-19(36-15)23(5,10-25-16)33-8-13(29)11(2)27/h11-21,25-32H,6-10,24H2,1-5H3. The van der Waals surface area contributed by atoms with Crippen LogP contribution in [0, 0.1) is 0 Å². The summed E-state index contributed by atoms with van der Waals surface area (Å²) in [4.78, 5) is 0. The smallest absolute Gasteiger partial charge is 0.131 e. The number of ether oxygens (including phenoxy) is 4. The van der Waals surface area contributed by atoms with Crippen molar-refractivity contribution in [2.45, 2.75) is 119 Å². The molecule has 0 amide bonds. The van der Waals surface area contributed by atoms with Gasteiger partial charge in [-0.2, -0.15) is 0 Å². The molecule has 0 aromatic heterocycles. The number of fused-ring (bicyclic) bond motifs is 1. The normalized spacial score (nSPS) is 37.4. The summed E-state index contributed by atoms with van der Waals surface area (Å²) in [5.74, 6) is 0. The lowest BCUT2D eigenvalue weighted by Crippen LogP contribution is -2.64. The second-order valence-electron chi connectivity index (χ2n) is 10.4. The van der Waals surface area contributed by atoms with Crippen LogP contribution in [0.25, 0.3) is 0 Å². The highest BCUT2D eigenvalue weighted by Gasteiger charge is 2.57. The van der Waals surface area contributed by atoms with Crippen LogP contribution in [0.5, 0.6) is 0 Å². The molecule has 2 rings (SSSR count). The van der Waals surface area contributed by atoms with Crippen molar-refractivity contribution in [1.29, 1.82) is 0 Å². The maximum atomic E-state index is 10.8. The Balaban J connectivity index is 2.15. The van der Waals surface area contributed by atoms with Crippen LogP contribution in [-0.4, -0.2) is 141 Å². The van der Waals surface area contributed by atoms with Gasteiger partial charge in [0.1, 0.15) is 54.6 Å². The minimum Gasteiger partial charge on any atom is -0.394 e. The van der Waals surface area contributed by atoms with Gasteiger partial charge in [-0.1, -0.05) is 6.92 Å². The Hall–Kier alpha value is -0.520. The summed E-state index contributed by atoms with van der Waals surface area (Å²) in [6.07, 6.45) is -10.7. The van der Waals surface area contributed by atoms with Crippen LogP contribution < -0.4 is 11.1 Å². The molecule has 13 nitrogen and oxygen atoms in total. The number of rotatable bonds is 14. The van der Waals surface area contributed by atoms with Crippen molar-refractivity contribution in [3.63, 3.8) is 0 Å². The summed E-state index contributed by atoms with van der Waals surface area (Å²) in [7, 11) is 0. The van der Waals surface area contributed by atoms with Crippen molar-refractivity contribution in [1.82, 2.24) is 5.32 Å². The third kappa shape index (κ3) is 7.11. The van der Waals surface area contributed by atoms with Crippen molar-refractivity contribution >= 4 is 0 Å². The molecule has 0 aliphatic carbocycles. The number of aliphatic hydroxyl groups is 7. The first-order valence-corrected chi connectivity index (χ1v) is 12.5. The summed E-state index contributed by atoms with van der Waals surface area (Å²) < 4.78 is 23.8. The fourth-order valence-corrected chi connectivity index (χ4v) is 4.56. The molecule has 13 unspecified atom stereocenters. The molecule has 2 fully saturated rings.